The van der Waals surface area contributed by atoms with Crippen molar-refractivity contribution in [2.24, 2.45) is 0 Å². The molecule has 6 nitrogen and oxygen atoms in total. The van der Waals surface area contributed by atoms with Crippen LogP contribution in [0.15, 0.2) is 12.1 Å². The second kappa shape index (κ2) is 8.25. The lowest BCUT2D eigenvalue weighted by molar-refractivity contribution is -0.138. The van der Waals surface area contributed by atoms with Gasteiger partial charge in [-0.25, -0.2) is 0 Å². The molecule has 0 spiro atoms. The van der Waals surface area contributed by atoms with E-state index in [4.69, 9.17) is 5.11 Å². The molecule has 1 aromatic carbocycles. The van der Waals surface area contributed by atoms with E-state index in [9.17, 15) is 27.6 Å². The van der Waals surface area contributed by atoms with Crippen LogP contribution in [-0.2, 0) is 22.3 Å². The standard InChI is InChI=1S/C20H19F3N2O4/c21-20(22,23)13-9-12(5-3-1-2-4-8-26)15-11-25(19(29)14(15)10-13)16-6-7-17(27)24-18(16)28/h9-10,16,26H,1-2,4,6-8,11H2,(H,24,27,28). The highest BCUT2D eigenvalue weighted by Crippen LogP contribution is 2.36. The summed E-state index contributed by atoms with van der Waals surface area (Å²) in [7, 11) is 0. The van der Waals surface area contributed by atoms with Crippen molar-refractivity contribution in [1.82, 2.24) is 10.2 Å². The van der Waals surface area contributed by atoms with Gasteiger partial charge in [-0.2, -0.15) is 13.2 Å². The van der Waals surface area contributed by atoms with E-state index in [0.29, 0.717) is 24.8 Å². The van der Waals surface area contributed by atoms with Crippen LogP contribution in [0, 0.1) is 11.8 Å². The Morgan fingerprint density at radius 2 is 1.97 bits per heavy atom. The lowest BCUT2D eigenvalue weighted by Gasteiger charge is -2.29. The first-order valence-corrected chi connectivity index (χ1v) is 9.21. The molecule has 0 aromatic heterocycles. The van der Waals surface area contributed by atoms with Crippen molar-refractivity contribution in [2.75, 3.05) is 6.61 Å². The summed E-state index contributed by atoms with van der Waals surface area (Å²) < 4.78 is 39.9. The molecule has 2 heterocycles. The average Bonchev–Trinajstić information content (AvgIpc) is 2.98. The number of carbonyl (C=O) groups is 3. The molecular formula is C20H19F3N2O4. The summed E-state index contributed by atoms with van der Waals surface area (Å²) in [6.07, 6.45) is -2.93. The van der Waals surface area contributed by atoms with Gasteiger partial charge in [0, 0.05) is 37.1 Å². The number of hydrogen-bond acceptors (Lipinski definition) is 4. The van der Waals surface area contributed by atoms with Crippen molar-refractivity contribution in [1.29, 1.82) is 0 Å². The van der Waals surface area contributed by atoms with Gasteiger partial charge in [0.1, 0.15) is 6.04 Å². The van der Waals surface area contributed by atoms with E-state index in [1.807, 2.05) is 0 Å². The van der Waals surface area contributed by atoms with Gasteiger partial charge in [0.15, 0.2) is 0 Å². The third-order valence-electron chi connectivity index (χ3n) is 4.92. The zero-order valence-corrected chi connectivity index (χ0v) is 15.4. The number of benzene rings is 1. The van der Waals surface area contributed by atoms with Crippen molar-refractivity contribution >= 4 is 17.7 Å². The molecule has 3 rings (SSSR count). The Balaban J connectivity index is 1.94. The Hall–Kier alpha value is -2.86. The Morgan fingerprint density at radius 1 is 1.21 bits per heavy atom. The first-order chi connectivity index (χ1) is 13.7. The van der Waals surface area contributed by atoms with Crippen molar-refractivity contribution < 1.29 is 32.7 Å². The molecule has 0 radical (unpaired) electrons. The Bertz CT molecular complexity index is 915. The zero-order chi connectivity index (χ0) is 21.2. The van der Waals surface area contributed by atoms with E-state index in [1.165, 1.54) is 4.90 Å². The number of hydrogen-bond donors (Lipinski definition) is 2. The van der Waals surface area contributed by atoms with Crippen LogP contribution in [0.3, 0.4) is 0 Å². The molecule has 0 saturated carbocycles. The number of alkyl halides is 3. The van der Waals surface area contributed by atoms with Gasteiger partial charge in [-0.1, -0.05) is 11.8 Å². The number of fused-ring (bicyclic) bond motifs is 1. The summed E-state index contributed by atoms with van der Waals surface area (Å²) in [5.41, 5.74) is -0.650. The summed E-state index contributed by atoms with van der Waals surface area (Å²) in [6.45, 7) is -0.0325. The molecule has 1 atom stereocenters. The van der Waals surface area contributed by atoms with Crippen LogP contribution in [0.2, 0.25) is 0 Å². The maximum Gasteiger partial charge on any atom is 0.416 e. The second-order valence-electron chi connectivity index (χ2n) is 6.93. The number of nitrogens with zero attached hydrogens (tertiary/aromatic N) is 1. The number of aliphatic hydroxyl groups is 1. The largest absolute Gasteiger partial charge is 0.416 e. The Morgan fingerprint density at radius 3 is 2.62 bits per heavy atom. The number of imide groups is 1. The lowest BCUT2D eigenvalue weighted by atomic mass is 9.99. The fraction of sp³-hybridized carbons (Fsp3) is 0.450. The molecular weight excluding hydrogens is 389 g/mol. The molecule has 1 aromatic rings. The van der Waals surface area contributed by atoms with E-state index in [1.54, 1.807) is 0 Å². The Kier molecular flexibility index (Phi) is 5.94. The van der Waals surface area contributed by atoms with E-state index in [2.05, 4.69) is 17.2 Å². The highest BCUT2D eigenvalue weighted by atomic mass is 19.4. The average molecular weight is 408 g/mol. The van der Waals surface area contributed by atoms with Gasteiger partial charge < -0.3 is 10.0 Å². The molecule has 2 aliphatic rings. The quantitative estimate of drug-likeness (QED) is 0.453. The molecule has 1 fully saturated rings. The third-order valence-corrected chi connectivity index (χ3v) is 4.92. The number of piperidine rings is 1. The molecule has 2 N–H and O–H groups in total. The monoisotopic (exact) mass is 408 g/mol. The van der Waals surface area contributed by atoms with Crippen molar-refractivity contribution in [3.05, 3.63) is 34.4 Å². The van der Waals surface area contributed by atoms with Gasteiger partial charge in [0.2, 0.25) is 11.8 Å². The smallest absolute Gasteiger partial charge is 0.396 e. The molecule has 3 amide bonds. The number of aliphatic hydroxyl groups excluding tert-OH is 1. The number of rotatable bonds is 4. The summed E-state index contributed by atoms with van der Waals surface area (Å²) in [5, 5.41) is 10.9. The minimum Gasteiger partial charge on any atom is -0.396 e. The first kappa shape index (κ1) is 20.9. The fourth-order valence-corrected chi connectivity index (χ4v) is 3.42. The van der Waals surface area contributed by atoms with E-state index in [0.717, 1.165) is 12.1 Å². The summed E-state index contributed by atoms with van der Waals surface area (Å²) in [5.74, 6) is 3.75. The van der Waals surface area contributed by atoms with Gasteiger partial charge in [-0.3, -0.25) is 19.7 Å². The third kappa shape index (κ3) is 4.43. The number of unbranched alkanes of at least 4 members (excludes halogenated alkanes) is 2. The lowest BCUT2D eigenvalue weighted by Crippen LogP contribution is -2.52. The molecule has 9 heteroatoms. The topological polar surface area (TPSA) is 86.7 Å². The van der Waals surface area contributed by atoms with Crippen LogP contribution in [0.5, 0.6) is 0 Å². The van der Waals surface area contributed by atoms with Crippen LogP contribution < -0.4 is 5.32 Å². The van der Waals surface area contributed by atoms with Crippen LogP contribution in [-0.4, -0.2) is 40.4 Å². The number of halogens is 3. The van der Waals surface area contributed by atoms with Crippen molar-refractivity contribution in [3.63, 3.8) is 0 Å². The maximum absolute atomic E-state index is 13.3. The van der Waals surface area contributed by atoms with Crippen molar-refractivity contribution in [3.8, 4) is 11.8 Å². The van der Waals surface area contributed by atoms with Gasteiger partial charge >= 0.3 is 6.18 Å². The van der Waals surface area contributed by atoms with Crippen LogP contribution in [0.25, 0.3) is 0 Å². The highest BCUT2D eigenvalue weighted by molar-refractivity contribution is 6.05. The molecule has 1 saturated heterocycles. The fourth-order valence-electron chi connectivity index (χ4n) is 3.42. The van der Waals surface area contributed by atoms with Gasteiger partial charge in [0.05, 0.1) is 5.56 Å². The van der Waals surface area contributed by atoms with Gasteiger partial charge in [0.25, 0.3) is 5.91 Å². The minimum absolute atomic E-state index is 0.00997. The molecule has 0 aliphatic carbocycles. The van der Waals surface area contributed by atoms with Crippen LogP contribution in [0.4, 0.5) is 13.2 Å². The van der Waals surface area contributed by atoms with Gasteiger partial charge in [-0.15, -0.1) is 0 Å². The first-order valence-electron chi connectivity index (χ1n) is 9.21. The normalized spacial score (nSPS) is 19.0. The highest BCUT2D eigenvalue weighted by Gasteiger charge is 2.41. The predicted molar refractivity (Wildman–Crippen MR) is 95.3 cm³/mol. The zero-order valence-electron chi connectivity index (χ0n) is 15.4. The Labute approximate surface area is 165 Å². The molecule has 0 bridgehead atoms. The van der Waals surface area contributed by atoms with Gasteiger partial charge in [-0.05, 0) is 37.0 Å². The maximum atomic E-state index is 13.3. The van der Waals surface area contributed by atoms with E-state index in [-0.39, 0.29) is 37.1 Å². The molecule has 2 aliphatic heterocycles. The molecule has 154 valence electrons. The molecule has 29 heavy (non-hydrogen) atoms. The van der Waals surface area contributed by atoms with E-state index < -0.39 is 35.5 Å². The minimum atomic E-state index is -4.65. The summed E-state index contributed by atoms with van der Waals surface area (Å²) in [4.78, 5) is 37.4. The van der Waals surface area contributed by atoms with Crippen LogP contribution in [0.1, 0.15) is 59.2 Å². The number of carbonyl (C=O) groups excluding carboxylic acids is 3. The van der Waals surface area contributed by atoms with Crippen LogP contribution >= 0.6 is 0 Å². The summed E-state index contributed by atoms with van der Waals surface area (Å²) in [6, 6.07) is 0.798. The SMILES string of the molecule is O=C1CCC(N2Cc3c(C#CCCCCO)cc(C(F)(F)F)cc3C2=O)C(=O)N1. The number of nitrogens with one attached hydrogen (secondary N) is 1. The van der Waals surface area contributed by atoms with Crippen molar-refractivity contribution in [2.45, 2.75) is 50.9 Å². The van der Waals surface area contributed by atoms with E-state index >= 15 is 0 Å². The predicted octanol–water partition coefficient (Wildman–Crippen LogP) is 1.98. The second-order valence-corrected chi connectivity index (χ2v) is 6.93. The number of amides is 3. The summed E-state index contributed by atoms with van der Waals surface area (Å²) >= 11 is 0. The molecule has 1 unspecified atom stereocenters.